The fourth-order valence-electron chi connectivity index (χ4n) is 1.53. The summed E-state index contributed by atoms with van der Waals surface area (Å²) in [5.74, 6) is 0.744. The molecule has 0 saturated heterocycles. The van der Waals surface area contributed by atoms with E-state index in [1.807, 2.05) is 0 Å². The Bertz CT molecular complexity index is 141. The molecular formula is C12H27NO. The van der Waals surface area contributed by atoms with Gasteiger partial charge in [-0.2, -0.15) is 0 Å². The number of rotatable bonds is 7. The van der Waals surface area contributed by atoms with Crippen LogP contribution in [0.3, 0.4) is 0 Å². The minimum absolute atomic E-state index is 0.480. The van der Waals surface area contributed by atoms with Crippen LogP contribution in [0.5, 0.6) is 0 Å². The maximum atomic E-state index is 10.1. The fraction of sp³-hybridized carbons (Fsp3) is 1.00. The van der Waals surface area contributed by atoms with Gasteiger partial charge in [0.25, 0.3) is 0 Å². The molecule has 0 aliphatic carbocycles. The molecule has 0 fully saturated rings. The fourth-order valence-corrected chi connectivity index (χ4v) is 1.53. The molecule has 0 aromatic heterocycles. The molecule has 2 nitrogen and oxygen atoms in total. The molecule has 0 unspecified atom stereocenters. The molecule has 0 rings (SSSR count). The number of hydrogen-bond acceptors (Lipinski definition) is 2. The standard InChI is InChI=1S/C12H27NO/c1-6-12(14,7-2)10-13(5)9-8-11(3)4/h11,14H,6-10H2,1-5H3. The van der Waals surface area contributed by atoms with Crippen LogP contribution in [0.25, 0.3) is 0 Å². The molecule has 0 atom stereocenters. The largest absolute Gasteiger partial charge is 0.389 e. The van der Waals surface area contributed by atoms with Gasteiger partial charge in [0.15, 0.2) is 0 Å². The Hall–Kier alpha value is -0.0800. The summed E-state index contributed by atoms with van der Waals surface area (Å²) in [7, 11) is 2.10. The zero-order valence-electron chi connectivity index (χ0n) is 10.5. The molecule has 0 amide bonds. The summed E-state index contributed by atoms with van der Waals surface area (Å²) < 4.78 is 0. The summed E-state index contributed by atoms with van der Waals surface area (Å²) in [6, 6.07) is 0. The quantitative estimate of drug-likeness (QED) is 0.684. The van der Waals surface area contributed by atoms with Crippen molar-refractivity contribution < 1.29 is 5.11 Å². The van der Waals surface area contributed by atoms with Crippen molar-refractivity contribution >= 4 is 0 Å². The van der Waals surface area contributed by atoms with E-state index >= 15 is 0 Å². The smallest absolute Gasteiger partial charge is 0.0768 e. The average Bonchev–Trinajstić information content (AvgIpc) is 2.14. The molecule has 1 N–H and O–H groups in total. The highest BCUT2D eigenvalue weighted by Crippen LogP contribution is 2.16. The van der Waals surface area contributed by atoms with E-state index in [0.29, 0.717) is 0 Å². The molecule has 0 spiro atoms. The van der Waals surface area contributed by atoms with E-state index in [1.54, 1.807) is 0 Å². The monoisotopic (exact) mass is 201 g/mol. The summed E-state index contributed by atoms with van der Waals surface area (Å²) in [5, 5.41) is 10.1. The highest BCUT2D eigenvalue weighted by atomic mass is 16.3. The second-order valence-corrected chi connectivity index (χ2v) is 4.85. The molecule has 0 bridgehead atoms. The van der Waals surface area contributed by atoms with Crippen molar-refractivity contribution in [3.05, 3.63) is 0 Å². The molecule has 0 radical (unpaired) electrons. The van der Waals surface area contributed by atoms with Gasteiger partial charge in [-0.25, -0.2) is 0 Å². The van der Waals surface area contributed by atoms with Crippen LogP contribution >= 0.6 is 0 Å². The van der Waals surface area contributed by atoms with Crippen LogP contribution in [0.2, 0.25) is 0 Å². The summed E-state index contributed by atoms with van der Waals surface area (Å²) in [6.45, 7) is 10.5. The third kappa shape index (κ3) is 5.61. The Morgan fingerprint density at radius 3 is 2.07 bits per heavy atom. The molecule has 0 heterocycles. The predicted molar refractivity (Wildman–Crippen MR) is 62.5 cm³/mol. The summed E-state index contributed by atoms with van der Waals surface area (Å²) in [4.78, 5) is 2.24. The van der Waals surface area contributed by atoms with Crippen molar-refractivity contribution in [3.63, 3.8) is 0 Å². The molecule has 2 heteroatoms. The third-order valence-corrected chi connectivity index (χ3v) is 2.97. The van der Waals surface area contributed by atoms with Gasteiger partial charge >= 0.3 is 0 Å². The summed E-state index contributed by atoms with van der Waals surface area (Å²) in [5.41, 5.74) is -0.480. The molecule has 0 aromatic rings. The van der Waals surface area contributed by atoms with Gasteiger partial charge in [-0.15, -0.1) is 0 Å². The Morgan fingerprint density at radius 2 is 1.71 bits per heavy atom. The van der Waals surface area contributed by atoms with Crippen molar-refractivity contribution in [2.24, 2.45) is 5.92 Å². The third-order valence-electron chi connectivity index (χ3n) is 2.97. The SMILES string of the molecule is CCC(O)(CC)CN(C)CCC(C)C. The average molecular weight is 201 g/mol. The second kappa shape index (κ2) is 6.41. The van der Waals surface area contributed by atoms with Crippen molar-refractivity contribution in [1.82, 2.24) is 4.90 Å². The minimum atomic E-state index is -0.480. The zero-order valence-corrected chi connectivity index (χ0v) is 10.5. The maximum absolute atomic E-state index is 10.1. The lowest BCUT2D eigenvalue weighted by molar-refractivity contribution is 0.00229. The zero-order chi connectivity index (χ0) is 11.2. The first-order valence-electron chi connectivity index (χ1n) is 5.84. The van der Waals surface area contributed by atoms with Gasteiger partial charge in [0.05, 0.1) is 5.60 Å². The maximum Gasteiger partial charge on any atom is 0.0768 e. The van der Waals surface area contributed by atoms with Crippen LogP contribution in [-0.4, -0.2) is 35.7 Å². The van der Waals surface area contributed by atoms with E-state index in [1.165, 1.54) is 6.42 Å². The van der Waals surface area contributed by atoms with Gasteiger partial charge in [0.1, 0.15) is 0 Å². The van der Waals surface area contributed by atoms with E-state index in [0.717, 1.165) is 31.8 Å². The predicted octanol–water partition coefficient (Wildman–Crippen LogP) is 2.52. The number of likely N-dealkylation sites (N-methyl/N-ethyl adjacent to an activating group) is 1. The first-order valence-corrected chi connectivity index (χ1v) is 5.84. The Balaban J connectivity index is 3.85. The van der Waals surface area contributed by atoms with Crippen molar-refractivity contribution in [2.75, 3.05) is 20.1 Å². The molecule has 86 valence electrons. The van der Waals surface area contributed by atoms with E-state index in [2.05, 4.69) is 39.6 Å². The topological polar surface area (TPSA) is 23.5 Å². The molecular weight excluding hydrogens is 174 g/mol. The normalized spacial score (nSPS) is 12.9. The minimum Gasteiger partial charge on any atom is -0.389 e. The first-order chi connectivity index (χ1) is 6.43. The number of hydrogen-bond donors (Lipinski definition) is 1. The van der Waals surface area contributed by atoms with E-state index in [-0.39, 0.29) is 0 Å². The number of aliphatic hydroxyl groups is 1. The van der Waals surface area contributed by atoms with Crippen LogP contribution < -0.4 is 0 Å². The van der Waals surface area contributed by atoms with Gasteiger partial charge in [-0.3, -0.25) is 0 Å². The van der Waals surface area contributed by atoms with Crippen molar-refractivity contribution in [3.8, 4) is 0 Å². The first kappa shape index (κ1) is 13.9. The Labute approximate surface area is 89.3 Å². The van der Waals surface area contributed by atoms with Crippen molar-refractivity contribution in [1.29, 1.82) is 0 Å². The molecule has 0 aromatic carbocycles. The van der Waals surface area contributed by atoms with Crippen LogP contribution in [0.15, 0.2) is 0 Å². The van der Waals surface area contributed by atoms with Crippen LogP contribution in [0.1, 0.15) is 47.0 Å². The van der Waals surface area contributed by atoms with E-state index in [4.69, 9.17) is 0 Å². The highest BCUT2D eigenvalue weighted by molar-refractivity contribution is 4.78. The molecule has 0 saturated carbocycles. The molecule has 14 heavy (non-hydrogen) atoms. The van der Waals surface area contributed by atoms with Crippen LogP contribution in [0, 0.1) is 5.92 Å². The molecule has 0 aliphatic rings. The van der Waals surface area contributed by atoms with E-state index < -0.39 is 5.60 Å². The highest BCUT2D eigenvalue weighted by Gasteiger charge is 2.23. The number of nitrogens with zero attached hydrogens (tertiary/aromatic N) is 1. The van der Waals surface area contributed by atoms with Gasteiger partial charge in [-0.05, 0) is 38.8 Å². The lowest BCUT2D eigenvalue weighted by Crippen LogP contribution is -2.41. The van der Waals surface area contributed by atoms with Crippen LogP contribution in [-0.2, 0) is 0 Å². The second-order valence-electron chi connectivity index (χ2n) is 4.85. The van der Waals surface area contributed by atoms with Gasteiger partial charge in [0, 0.05) is 6.54 Å². The Morgan fingerprint density at radius 1 is 1.21 bits per heavy atom. The van der Waals surface area contributed by atoms with Crippen molar-refractivity contribution in [2.45, 2.75) is 52.6 Å². The van der Waals surface area contributed by atoms with Crippen LogP contribution in [0.4, 0.5) is 0 Å². The summed E-state index contributed by atoms with van der Waals surface area (Å²) >= 11 is 0. The van der Waals surface area contributed by atoms with Gasteiger partial charge in [0.2, 0.25) is 0 Å². The summed E-state index contributed by atoms with van der Waals surface area (Å²) in [6.07, 6.45) is 2.89. The molecule has 0 aliphatic heterocycles. The van der Waals surface area contributed by atoms with Gasteiger partial charge in [-0.1, -0.05) is 27.7 Å². The Kier molecular flexibility index (Phi) is 6.38. The lowest BCUT2D eigenvalue weighted by atomic mass is 9.97. The lowest BCUT2D eigenvalue weighted by Gasteiger charge is -2.31. The van der Waals surface area contributed by atoms with Gasteiger partial charge < -0.3 is 10.0 Å². The van der Waals surface area contributed by atoms with E-state index in [9.17, 15) is 5.11 Å².